The molecular weight excluding hydrogens is 402 g/mol. The zero-order valence-electron chi connectivity index (χ0n) is 18.7. The maximum atomic E-state index is 12.4. The summed E-state index contributed by atoms with van der Waals surface area (Å²) >= 11 is 0. The molecule has 0 aliphatic carbocycles. The SMILES string of the molecule is Cn1nc(CC(=O)NCCCCN2CCN(c3ccccc3)CC2)c2ccccc2c1=O. The minimum absolute atomic E-state index is 0.0576. The van der Waals surface area contributed by atoms with Crippen molar-refractivity contribution >= 4 is 22.4 Å². The second kappa shape index (κ2) is 10.4. The molecule has 0 saturated carbocycles. The van der Waals surface area contributed by atoms with Crippen LogP contribution in [0.15, 0.2) is 59.4 Å². The van der Waals surface area contributed by atoms with Crippen LogP contribution in [0, 0.1) is 0 Å². The maximum Gasteiger partial charge on any atom is 0.274 e. The van der Waals surface area contributed by atoms with Gasteiger partial charge in [0.25, 0.3) is 5.56 Å². The molecule has 1 amide bonds. The Morgan fingerprint density at radius 3 is 2.38 bits per heavy atom. The standard InChI is InChI=1S/C25H31N5O2/c1-28-25(32)22-12-6-5-11-21(22)23(27-28)19-24(31)26-13-7-8-14-29-15-17-30(18-16-29)20-9-3-2-4-10-20/h2-6,9-12H,7-8,13-19H2,1H3,(H,26,31). The van der Waals surface area contributed by atoms with E-state index in [4.69, 9.17) is 0 Å². The van der Waals surface area contributed by atoms with E-state index in [1.165, 1.54) is 10.4 Å². The van der Waals surface area contributed by atoms with E-state index in [1.807, 2.05) is 18.2 Å². The minimum Gasteiger partial charge on any atom is -0.369 e. The summed E-state index contributed by atoms with van der Waals surface area (Å²) in [6, 6.07) is 17.9. The number of para-hydroxylation sites is 1. The lowest BCUT2D eigenvalue weighted by Crippen LogP contribution is -2.46. The minimum atomic E-state index is -0.144. The number of hydrogen-bond donors (Lipinski definition) is 1. The lowest BCUT2D eigenvalue weighted by molar-refractivity contribution is -0.120. The van der Waals surface area contributed by atoms with Gasteiger partial charge < -0.3 is 10.2 Å². The number of hydrogen-bond acceptors (Lipinski definition) is 5. The van der Waals surface area contributed by atoms with Gasteiger partial charge in [-0.2, -0.15) is 5.10 Å². The van der Waals surface area contributed by atoms with Gasteiger partial charge in [0, 0.05) is 50.8 Å². The summed E-state index contributed by atoms with van der Waals surface area (Å²) < 4.78 is 1.31. The molecule has 0 radical (unpaired) electrons. The molecule has 1 saturated heterocycles. The summed E-state index contributed by atoms with van der Waals surface area (Å²) in [6.07, 6.45) is 2.19. The van der Waals surface area contributed by atoms with Gasteiger partial charge in [0.15, 0.2) is 0 Å². The van der Waals surface area contributed by atoms with E-state index in [0.29, 0.717) is 17.6 Å². The fourth-order valence-electron chi connectivity index (χ4n) is 4.28. The third-order valence-electron chi connectivity index (χ3n) is 6.08. The average Bonchev–Trinajstić information content (AvgIpc) is 2.83. The molecule has 1 N–H and O–H groups in total. The fourth-order valence-corrected chi connectivity index (χ4v) is 4.28. The molecule has 0 unspecified atom stereocenters. The second-order valence-electron chi connectivity index (χ2n) is 8.32. The van der Waals surface area contributed by atoms with Crippen molar-refractivity contribution in [3.63, 3.8) is 0 Å². The zero-order valence-corrected chi connectivity index (χ0v) is 18.7. The number of fused-ring (bicyclic) bond motifs is 1. The second-order valence-corrected chi connectivity index (χ2v) is 8.32. The van der Waals surface area contributed by atoms with Crippen molar-refractivity contribution in [1.29, 1.82) is 0 Å². The molecule has 3 aromatic rings. The molecule has 168 valence electrons. The Bertz CT molecular complexity index is 1100. The van der Waals surface area contributed by atoms with Crippen molar-refractivity contribution < 1.29 is 4.79 Å². The number of aromatic nitrogens is 2. The third kappa shape index (κ3) is 5.34. The van der Waals surface area contributed by atoms with E-state index in [9.17, 15) is 9.59 Å². The third-order valence-corrected chi connectivity index (χ3v) is 6.08. The first-order chi connectivity index (χ1) is 15.6. The highest BCUT2D eigenvalue weighted by molar-refractivity contribution is 5.88. The van der Waals surface area contributed by atoms with Crippen molar-refractivity contribution in [2.75, 3.05) is 44.2 Å². The van der Waals surface area contributed by atoms with Crippen molar-refractivity contribution in [3.8, 4) is 0 Å². The van der Waals surface area contributed by atoms with Gasteiger partial charge in [-0.25, -0.2) is 4.68 Å². The highest BCUT2D eigenvalue weighted by Gasteiger charge is 2.16. The number of carbonyl (C=O) groups excluding carboxylic acids is 1. The van der Waals surface area contributed by atoms with Crippen LogP contribution in [0.3, 0.4) is 0 Å². The number of rotatable bonds is 8. The first kappa shape index (κ1) is 22.0. The summed E-state index contributed by atoms with van der Waals surface area (Å²) in [5, 5.41) is 8.66. The molecule has 0 atom stereocenters. The van der Waals surface area contributed by atoms with Crippen LogP contribution in [0.1, 0.15) is 18.5 Å². The van der Waals surface area contributed by atoms with Gasteiger partial charge in [-0.05, 0) is 37.6 Å². The fraction of sp³-hybridized carbons (Fsp3) is 0.400. The van der Waals surface area contributed by atoms with Crippen molar-refractivity contribution in [3.05, 3.63) is 70.6 Å². The van der Waals surface area contributed by atoms with E-state index in [0.717, 1.165) is 51.0 Å². The van der Waals surface area contributed by atoms with E-state index in [2.05, 4.69) is 50.5 Å². The van der Waals surface area contributed by atoms with Gasteiger partial charge >= 0.3 is 0 Å². The molecule has 0 spiro atoms. The molecular formula is C25H31N5O2. The molecule has 32 heavy (non-hydrogen) atoms. The van der Waals surface area contributed by atoms with Crippen LogP contribution >= 0.6 is 0 Å². The summed E-state index contributed by atoms with van der Waals surface area (Å²) in [5.74, 6) is -0.0576. The van der Waals surface area contributed by atoms with Gasteiger partial charge in [-0.15, -0.1) is 0 Å². The molecule has 1 aliphatic rings. The normalized spacial score (nSPS) is 14.6. The van der Waals surface area contributed by atoms with E-state index in [-0.39, 0.29) is 17.9 Å². The Morgan fingerprint density at radius 2 is 1.62 bits per heavy atom. The summed E-state index contributed by atoms with van der Waals surface area (Å²) in [7, 11) is 1.62. The van der Waals surface area contributed by atoms with Crippen LogP contribution in [0.25, 0.3) is 10.8 Å². The largest absolute Gasteiger partial charge is 0.369 e. The molecule has 7 nitrogen and oxygen atoms in total. The molecule has 2 heterocycles. The van der Waals surface area contributed by atoms with Crippen LogP contribution in [0.4, 0.5) is 5.69 Å². The number of amides is 1. The Morgan fingerprint density at radius 1 is 0.938 bits per heavy atom. The van der Waals surface area contributed by atoms with Gasteiger partial charge in [0.2, 0.25) is 5.91 Å². The molecule has 0 bridgehead atoms. The van der Waals surface area contributed by atoms with Crippen molar-refractivity contribution in [2.45, 2.75) is 19.3 Å². The predicted molar refractivity (Wildman–Crippen MR) is 128 cm³/mol. The maximum absolute atomic E-state index is 12.4. The van der Waals surface area contributed by atoms with Crippen LogP contribution in [-0.2, 0) is 18.3 Å². The highest BCUT2D eigenvalue weighted by atomic mass is 16.1. The first-order valence-electron chi connectivity index (χ1n) is 11.4. The molecule has 1 aromatic heterocycles. The quantitative estimate of drug-likeness (QED) is 0.552. The van der Waals surface area contributed by atoms with Crippen LogP contribution in [-0.4, -0.2) is 59.9 Å². The topological polar surface area (TPSA) is 70.5 Å². The Kier molecular flexibility index (Phi) is 7.17. The molecule has 7 heteroatoms. The van der Waals surface area contributed by atoms with Crippen LogP contribution in [0.5, 0.6) is 0 Å². The summed E-state index contributed by atoms with van der Waals surface area (Å²) in [5.41, 5.74) is 1.79. The molecule has 1 aliphatic heterocycles. The number of piperazine rings is 1. The number of anilines is 1. The number of benzene rings is 2. The highest BCUT2D eigenvalue weighted by Crippen LogP contribution is 2.16. The lowest BCUT2D eigenvalue weighted by Gasteiger charge is -2.36. The molecule has 1 fully saturated rings. The van der Waals surface area contributed by atoms with Crippen LogP contribution in [0.2, 0.25) is 0 Å². The van der Waals surface area contributed by atoms with E-state index >= 15 is 0 Å². The number of unbranched alkanes of at least 4 members (excludes halogenated alkanes) is 1. The van der Waals surface area contributed by atoms with E-state index in [1.54, 1.807) is 13.1 Å². The monoisotopic (exact) mass is 433 g/mol. The van der Waals surface area contributed by atoms with Gasteiger partial charge in [0.05, 0.1) is 17.5 Å². The number of carbonyl (C=O) groups is 1. The smallest absolute Gasteiger partial charge is 0.274 e. The summed E-state index contributed by atoms with van der Waals surface area (Å²) in [4.78, 5) is 29.6. The average molecular weight is 434 g/mol. The van der Waals surface area contributed by atoms with Crippen LogP contribution < -0.4 is 15.8 Å². The van der Waals surface area contributed by atoms with Gasteiger partial charge in [-0.1, -0.05) is 36.4 Å². The summed E-state index contributed by atoms with van der Waals surface area (Å²) in [6.45, 7) is 5.99. The predicted octanol–water partition coefficient (Wildman–Crippen LogP) is 2.19. The van der Waals surface area contributed by atoms with Gasteiger partial charge in [-0.3, -0.25) is 14.5 Å². The molecule has 2 aromatic carbocycles. The number of aryl methyl sites for hydroxylation is 1. The van der Waals surface area contributed by atoms with Crippen molar-refractivity contribution in [1.82, 2.24) is 20.0 Å². The zero-order chi connectivity index (χ0) is 22.3. The molecule has 4 rings (SSSR count). The Hall–Kier alpha value is -3.19. The lowest BCUT2D eigenvalue weighted by atomic mass is 10.1. The first-order valence-corrected chi connectivity index (χ1v) is 11.4. The Labute approximate surface area is 188 Å². The number of nitrogens with one attached hydrogen (secondary N) is 1. The number of nitrogens with zero attached hydrogens (tertiary/aromatic N) is 4. The van der Waals surface area contributed by atoms with E-state index < -0.39 is 0 Å². The van der Waals surface area contributed by atoms with Gasteiger partial charge in [0.1, 0.15) is 0 Å². The Balaban J connectivity index is 1.17. The van der Waals surface area contributed by atoms with Crippen molar-refractivity contribution in [2.24, 2.45) is 7.05 Å².